The predicted molar refractivity (Wildman–Crippen MR) is 105 cm³/mol. The van der Waals surface area contributed by atoms with Crippen LogP contribution in [0.5, 0.6) is 0 Å². The summed E-state index contributed by atoms with van der Waals surface area (Å²) in [5.41, 5.74) is 7.34. The lowest BCUT2D eigenvalue weighted by Gasteiger charge is -2.37. The number of rotatable bonds is 2. The van der Waals surface area contributed by atoms with Gasteiger partial charge in [-0.2, -0.15) is 0 Å². The van der Waals surface area contributed by atoms with E-state index in [1.165, 1.54) is 11.1 Å². The molecule has 3 aromatic rings. The van der Waals surface area contributed by atoms with Crippen molar-refractivity contribution in [3.63, 3.8) is 0 Å². The maximum atomic E-state index is 12.6. The summed E-state index contributed by atoms with van der Waals surface area (Å²) in [5.74, 6) is 0.597. The van der Waals surface area contributed by atoms with Gasteiger partial charge in [0.15, 0.2) is 0 Å². The number of nitrogens with one attached hydrogen (secondary N) is 2. The highest BCUT2D eigenvalue weighted by atomic mass is 16.5. The number of hydrogen-bond acceptors (Lipinski definition) is 4. The molecule has 5 nitrogen and oxygen atoms in total. The molecule has 2 aliphatic rings. The van der Waals surface area contributed by atoms with Crippen molar-refractivity contribution >= 4 is 22.7 Å². The van der Waals surface area contributed by atoms with Crippen LogP contribution in [0.2, 0.25) is 0 Å². The van der Waals surface area contributed by atoms with Crippen molar-refractivity contribution in [3.8, 4) is 0 Å². The van der Waals surface area contributed by atoms with Crippen LogP contribution < -0.4 is 5.32 Å². The molecule has 0 saturated heterocycles. The zero-order valence-corrected chi connectivity index (χ0v) is 15.7. The van der Waals surface area contributed by atoms with Crippen molar-refractivity contribution in [2.24, 2.45) is 0 Å². The van der Waals surface area contributed by atoms with E-state index in [2.05, 4.69) is 34.6 Å². The van der Waals surface area contributed by atoms with Gasteiger partial charge in [0.25, 0.3) is 0 Å². The Labute approximate surface area is 158 Å². The molecular weight excluding hydrogens is 338 g/mol. The summed E-state index contributed by atoms with van der Waals surface area (Å²) in [6.45, 7) is 4.16. The van der Waals surface area contributed by atoms with Gasteiger partial charge in [-0.3, -0.25) is 0 Å². The number of nitrogens with zero attached hydrogens (tertiary/aromatic N) is 1. The summed E-state index contributed by atoms with van der Waals surface area (Å²) >= 11 is 0. The number of carbonyl (C=O) groups excluding carboxylic acids is 1. The van der Waals surface area contributed by atoms with Gasteiger partial charge in [0.1, 0.15) is 11.3 Å². The number of benzene rings is 2. The van der Waals surface area contributed by atoms with Crippen molar-refractivity contribution in [2.75, 3.05) is 11.9 Å². The van der Waals surface area contributed by atoms with Gasteiger partial charge >= 0.3 is 5.97 Å². The topological polar surface area (TPSA) is 67.0 Å². The van der Waals surface area contributed by atoms with Gasteiger partial charge in [0.2, 0.25) is 0 Å². The van der Waals surface area contributed by atoms with Gasteiger partial charge in [-0.25, -0.2) is 9.78 Å². The maximum Gasteiger partial charge on any atom is 0.338 e. The molecule has 1 aliphatic carbocycles. The number of fused-ring (bicyclic) bond motifs is 4. The molecule has 2 N–H and O–H groups in total. The first-order valence-corrected chi connectivity index (χ1v) is 9.63. The number of carbonyl (C=O) groups is 1. The highest BCUT2D eigenvalue weighted by molar-refractivity contribution is 6.02. The van der Waals surface area contributed by atoms with Crippen LogP contribution in [0.3, 0.4) is 0 Å². The fourth-order valence-corrected chi connectivity index (χ4v) is 4.75. The number of aromatic amines is 1. The second-order valence-electron chi connectivity index (χ2n) is 7.74. The maximum absolute atomic E-state index is 12.6. The minimum absolute atomic E-state index is 0.00373. The number of anilines is 1. The summed E-state index contributed by atoms with van der Waals surface area (Å²) < 4.78 is 5.32. The van der Waals surface area contributed by atoms with Crippen LogP contribution in [0.4, 0.5) is 5.69 Å². The quantitative estimate of drug-likeness (QED) is 0.679. The Morgan fingerprint density at radius 3 is 2.70 bits per heavy atom. The first-order valence-electron chi connectivity index (χ1n) is 9.63. The van der Waals surface area contributed by atoms with E-state index in [0.29, 0.717) is 12.2 Å². The van der Waals surface area contributed by atoms with Crippen molar-refractivity contribution in [1.29, 1.82) is 0 Å². The first-order chi connectivity index (χ1) is 13.1. The summed E-state index contributed by atoms with van der Waals surface area (Å²) in [6, 6.07) is 10.6. The van der Waals surface area contributed by atoms with Crippen LogP contribution in [0, 0.1) is 6.92 Å². The normalized spacial score (nSPS) is 16.8. The monoisotopic (exact) mass is 361 g/mol. The number of aryl methyl sites for hydroxylation is 1. The van der Waals surface area contributed by atoms with Gasteiger partial charge in [-0.15, -0.1) is 0 Å². The summed E-state index contributed by atoms with van der Waals surface area (Å²) in [7, 11) is 0. The van der Waals surface area contributed by atoms with E-state index in [1.54, 1.807) is 0 Å². The van der Waals surface area contributed by atoms with E-state index in [9.17, 15) is 4.79 Å². The third kappa shape index (κ3) is 2.52. The predicted octanol–water partition coefficient (Wildman–Crippen LogP) is 3.94. The Hall–Kier alpha value is -2.82. The van der Waals surface area contributed by atoms with E-state index in [0.717, 1.165) is 53.8 Å². The van der Waals surface area contributed by atoms with Crippen LogP contribution in [0.15, 0.2) is 30.3 Å². The summed E-state index contributed by atoms with van der Waals surface area (Å²) in [6.07, 6.45) is 3.87. The Bertz CT molecular complexity index is 1040. The zero-order chi connectivity index (χ0) is 18.6. The number of imidazole rings is 1. The third-order valence-electron chi connectivity index (χ3n) is 5.92. The Morgan fingerprint density at radius 1 is 1.26 bits per heavy atom. The number of aromatic nitrogens is 2. The third-order valence-corrected chi connectivity index (χ3v) is 5.92. The number of esters is 1. The highest BCUT2D eigenvalue weighted by Gasteiger charge is 2.41. The second kappa shape index (κ2) is 5.84. The molecule has 0 fully saturated rings. The van der Waals surface area contributed by atoms with Gasteiger partial charge in [0, 0.05) is 5.54 Å². The van der Waals surface area contributed by atoms with Gasteiger partial charge in [-0.05, 0) is 62.3 Å². The smallest absolute Gasteiger partial charge is 0.338 e. The molecule has 0 unspecified atom stereocenters. The average Bonchev–Trinajstić information content (AvgIpc) is 3.20. The molecule has 0 radical (unpaired) electrons. The van der Waals surface area contributed by atoms with Crippen LogP contribution >= 0.6 is 0 Å². The lowest BCUT2D eigenvalue weighted by molar-refractivity contribution is 0.0525. The number of H-pyrrole nitrogens is 1. The average molecular weight is 361 g/mol. The molecular formula is C22H23N3O2. The largest absolute Gasteiger partial charge is 0.462 e. The molecule has 5 heteroatoms. The van der Waals surface area contributed by atoms with Gasteiger partial charge in [0.05, 0.1) is 23.4 Å². The van der Waals surface area contributed by atoms with E-state index < -0.39 is 0 Å². The molecule has 138 valence electrons. The molecule has 0 saturated carbocycles. The molecule has 0 atom stereocenters. The van der Waals surface area contributed by atoms with Crippen molar-refractivity contribution < 1.29 is 9.53 Å². The molecule has 0 bridgehead atoms. The van der Waals surface area contributed by atoms with E-state index in [1.807, 2.05) is 19.9 Å². The van der Waals surface area contributed by atoms with Crippen molar-refractivity contribution in [3.05, 3.63) is 58.4 Å². The van der Waals surface area contributed by atoms with Crippen LogP contribution in [-0.2, 0) is 24.0 Å². The number of ether oxygens (including phenoxy) is 1. The fraction of sp³-hybridized carbons (Fsp3) is 0.364. The van der Waals surface area contributed by atoms with Crippen molar-refractivity contribution in [2.45, 2.75) is 45.1 Å². The summed E-state index contributed by atoms with van der Waals surface area (Å²) in [4.78, 5) is 20.6. The lowest BCUT2D eigenvalue weighted by atomic mass is 9.82. The van der Waals surface area contributed by atoms with E-state index >= 15 is 0 Å². The molecule has 0 amide bonds. The molecule has 1 aromatic heterocycles. The molecule has 27 heavy (non-hydrogen) atoms. The Morgan fingerprint density at radius 2 is 2.00 bits per heavy atom. The first kappa shape index (κ1) is 16.4. The second-order valence-corrected chi connectivity index (χ2v) is 7.74. The Balaban J connectivity index is 1.63. The molecule has 1 spiro atoms. The number of hydrogen-bond donors (Lipinski definition) is 2. The minimum Gasteiger partial charge on any atom is -0.462 e. The lowest BCUT2D eigenvalue weighted by Crippen LogP contribution is -2.43. The highest BCUT2D eigenvalue weighted by Crippen LogP contribution is 2.43. The zero-order valence-electron chi connectivity index (χ0n) is 15.7. The molecule has 2 aromatic carbocycles. The van der Waals surface area contributed by atoms with Gasteiger partial charge < -0.3 is 15.0 Å². The van der Waals surface area contributed by atoms with Crippen LogP contribution in [-0.4, -0.2) is 28.1 Å². The van der Waals surface area contributed by atoms with E-state index in [-0.39, 0.29) is 11.5 Å². The summed E-state index contributed by atoms with van der Waals surface area (Å²) in [5, 5.41) is 3.82. The molecule has 2 heterocycles. The molecule has 1 aliphatic heterocycles. The standard InChI is InChI=1S/C22H23N3O2/c1-3-27-21(26)17-10-18-20(24-13(2)23-18)19-16(17)8-9-22(25-19)11-14-6-4-5-7-15(14)12-22/h4-7,10,25H,3,8-9,11-12H2,1-2H3,(H,23,24). The van der Waals surface area contributed by atoms with Crippen LogP contribution in [0.1, 0.15) is 46.2 Å². The fourth-order valence-electron chi connectivity index (χ4n) is 4.75. The van der Waals surface area contributed by atoms with Crippen LogP contribution in [0.25, 0.3) is 11.0 Å². The Kier molecular flexibility index (Phi) is 3.54. The minimum atomic E-state index is -0.254. The van der Waals surface area contributed by atoms with Crippen molar-refractivity contribution in [1.82, 2.24) is 9.97 Å². The van der Waals surface area contributed by atoms with Gasteiger partial charge in [-0.1, -0.05) is 24.3 Å². The molecule has 5 rings (SSSR count). The van der Waals surface area contributed by atoms with E-state index in [4.69, 9.17) is 9.72 Å². The SMILES string of the molecule is CCOC(=O)c1cc2[nH]c(C)nc2c2c1CCC1(Cc3ccccc3C1)N2.